The number of halogens is 3. The number of aromatic nitrogens is 2. The second-order valence-corrected chi connectivity index (χ2v) is 7.92. The Morgan fingerprint density at radius 1 is 1.19 bits per heavy atom. The minimum atomic E-state index is -0.461. The Balaban J connectivity index is 2.29. The van der Waals surface area contributed by atoms with Gasteiger partial charge in [-0.25, -0.2) is 9.48 Å². The molecule has 0 spiro atoms. The van der Waals surface area contributed by atoms with Crippen LogP contribution in [0.25, 0.3) is 16.3 Å². The first-order chi connectivity index (χ1) is 12.5. The summed E-state index contributed by atoms with van der Waals surface area (Å²) in [6.45, 7) is 4.00. The fourth-order valence-corrected chi connectivity index (χ4v) is 4.26. The van der Waals surface area contributed by atoms with E-state index in [2.05, 4.69) is 5.10 Å². The molecule has 0 aliphatic carbocycles. The minimum absolute atomic E-state index is 0.275. The van der Waals surface area contributed by atoms with Crippen LogP contribution in [0.4, 0.5) is 0 Å². The summed E-state index contributed by atoms with van der Waals surface area (Å²) in [6.07, 6.45) is 0.601. The quantitative estimate of drug-likeness (QED) is 0.447. The van der Waals surface area contributed by atoms with Gasteiger partial charge in [0.25, 0.3) is 0 Å². The molecule has 0 radical (unpaired) electrons. The first-order valence-corrected chi connectivity index (χ1v) is 9.91. The maximum absolute atomic E-state index is 12.4. The van der Waals surface area contributed by atoms with Gasteiger partial charge in [-0.15, -0.1) is 11.3 Å². The zero-order valence-electron chi connectivity index (χ0n) is 14.1. The number of thiophene rings is 1. The molecule has 0 bridgehead atoms. The predicted octanol–water partition coefficient (Wildman–Crippen LogP) is 6.30. The van der Waals surface area contributed by atoms with Crippen molar-refractivity contribution in [3.8, 4) is 16.3 Å². The molecule has 0 N–H and O–H groups in total. The molecule has 0 saturated carbocycles. The zero-order valence-corrected chi connectivity index (χ0v) is 17.1. The molecule has 26 heavy (non-hydrogen) atoms. The van der Waals surface area contributed by atoms with Crippen LogP contribution in [0.1, 0.15) is 29.9 Å². The lowest BCUT2D eigenvalue weighted by atomic mass is 10.1. The largest absolute Gasteiger partial charge is 0.461 e. The number of nitrogens with zero attached hydrogens (tertiary/aromatic N) is 2. The Hall–Kier alpha value is -1.53. The van der Waals surface area contributed by atoms with Crippen LogP contribution in [0.2, 0.25) is 14.4 Å². The molecule has 1 aromatic carbocycles. The van der Waals surface area contributed by atoms with E-state index in [0.29, 0.717) is 26.5 Å². The third kappa shape index (κ3) is 3.62. The molecule has 4 nitrogen and oxygen atoms in total. The maximum Gasteiger partial charge on any atom is 0.359 e. The van der Waals surface area contributed by atoms with Crippen LogP contribution >= 0.6 is 46.1 Å². The topological polar surface area (TPSA) is 44.1 Å². The normalized spacial score (nSPS) is 11.0. The van der Waals surface area contributed by atoms with Crippen molar-refractivity contribution >= 4 is 52.1 Å². The predicted molar refractivity (Wildman–Crippen MR) is 107 cm³/mol. The molecule has 3 aromatic rings. The summed E-state index contributed by atoms with van der Waals surface area (Å²) in [6, 6.07) is 8.85. The molecular formula is C18H15Cl3N2O2S. The molecule has 2 aromatic heterocycles. The van der Waals surface area contributed by atoms with Gasteiger partial charge in [0.15, 0.2) is 5.69 Å². The van der Waals surface area contributed by atoms with Crippen molar-refractivity contribution in [1.82, 2.24) is 9.78 Å². The van der Waals surface area contributed by atoms with E-state index in [0.717, 1.165) is 16.1 Å². The first-order valence-electron chi connectivity index (χ1n) is 7.96. The summed E-state index contributed by atoms with van der Waals surface area (Å²) in [5, 5.41) is 5.48. The molecule has 0 amide bonds. The SMILES string of the molecule is CCOC(=O)c1nn(-c2ccc(Cl)cc2Cl)c(-c2ccc(Cl)s2)c1CC. The average Bonchev–Trinajstić information content (AvgIpc) is 3.18. The number of hydrogen-bond donors (Lipinski definition) is 0. The van der Waals surface area contributed by atoms with E-state index in [1.807, 2.05) is 19.1 Å². The number of benzene rings is 1. The highest BCUT2D eigenvalue weighted by atomic mass is 35.5. The smallest absolute Gasteiger partial charge is 0.359 e. The number of hydrogen-bond acceptors (Lipinski definition) is 4. The Bertz CT molecular complexity index is 965. The highest BCUT2D eigenvalue weighted by molar-refractivity contribution is 7.19. The van der Waals surface area contributed by atoms with Gasteiger partial charge in [-0.2, -0.15) is 5.10 Å². The van der Waals surface area contributed by atoms with Crippen LogP contribution in [0, 0.1) is 0 Å². The van der Waals surface area contributed by atoms with Crippen molar-refractivity contribution in [3.63, 3.8) is 0 Å². The van der Waals surface area contributed by atoms with Gasteiger partial charge in [-0.05, 0) is 43.7 Å². The van der Waals surface area contributed by atoms with E-state index < -0.39 is 5.97 Å². The van der Waals surface area contributed by atoms with Gasteiger partial charge in [0.1, 0.15) is 0 Å². The number of carbonyl (C=O) groups excluding carboxylic acids is 1. The van der Waals surface area contributed by atoms with E-state index in [1.165, 1.54) is 11.3 Å². The number of esters is 1. The van der Waals surface area contributed by atoms with Gasteiger partial charge in [0, 0.05) is 10.6 Å². The van der Waals surface area contributed by atoms with Crippen molar-refractivity contribution in [2.24, 2.45) is 0 Å². The monoisotopic (exact) mass is 428 g/mol. The molecule has 0 saturated heterocycles. The highest BCUT2D eigenvalue weighted by Crippen LogP contribution is 2.38. The Kier molecular flexibility index (Phi) is 5.92. The second-order valence-electron chi connectivity index (χ2n) is 5.36. The van der Waals surface area contributed by atoms with E-state index in [4.69, 9.17) is 39.5 Å². The van der Waals surface area contributed by atoms with Gasteiger partial charge >= 0.3 is 5.97 Å². The van der Waals surface area contributed by atoms with E-state index in [-0.39, 0.29) is 12.3 Å². The summed E-state index contributed by atoms with van der Waals surface area (Å²) in [5.74, 6) is -0.461. The van der Waals surface area contributed by atoms with Crippen molar-refractivity contribution in [2.75, 3.05) is 6.61 Å². The minimum Gasteiger partial charge on any atom is -0.461 e. The molecule has 8 heteroatoms. The fraction of sp³-hybridized carbons (Fsp3) is 0.222. The number of ether oxygens (including phenoxy) is 1. The van der Waals surface area contributed by atoms with Crippen LogP contribution in [-0.4, -0.2) is 22.4 Å². The van der Waals surface area contributed by atoms with E-state index >= 15 is 0 Å². The molecule has 0 aliphatic heterocycles. The average molecular weight is 430 g/mol. The third-order valence-electron chi connectivity index (χ3n) is 3.75. The third-order valence-corrected chi connectivity index (χ3v) is 5.53. The zero-order chi connectivity index (χ0) is 18.8. The second kappa shape index (κ2) is 8.01. The Labute approximate surface area is 170 Å². The molecular weight excluding hydrogens is 415 g/mol. The lowest BCUT2D eigenvalue weighted by Gasteiger charge is -2.09. The highest BCUT2D eigenvalue weighted by Gasteiger charge is 2.26. The van der Waals surface area contributed by atoms with Crippen LogP contribution in [-0.2, 0) is 11.2 Å². The van der Waals surface area contributed by atoms with Crippen LogP contribution < -0.4 is 0 Å². The first kappa shape index (κ1) is 19.2. The van der Waals surface area contributed by atoms with E-state index in [9.17, 15) is 4.79 Å². The van der Waals surface area contributed by atoms with Crippen molar-refractivity contribution < 1.29 is 9.53 Å². The Morgan fingerprint density at radius 2 is 1.96 bits per heavy atom. The van der Waals surface area contributed by atoms with Gasteiger partial charge in [0.2, 0.25) is 0 Å². The lowest BCUT2D eigenvalue weighted by Crippen LogP contribution is -2.08. The summed E-state index contributed by atoms with van der Waals surface area (Å²) < 4.78 is 7.48. The molecule has 0 fully saturated rings. The summed E-state index contributed by atoms with van der Waals surface area (Å²) >= 11 is 19.9. The molecule has 2 heterocycles. The van der Waals surface area contributed by atoms with Crippen molar-refractivity contribution in [1.29, 1.82) is 0 Å². The van der Waals surface area contributed by atoms with Gasteiger partial charge in [0.05, 0.1) is 32.2 Å². The number of rotatable bonds is 5. The maximum atomic E-state index is 12.4. The fourth-order valence-electron chi connectivity index (χ4n) is 2.67. The van der Waals surface area contributed by atoms with Crippen LogP contribution in [0.15, 0.2) is 30.3 Å². The Morgan fingerprint density at radius 3 is 2.54 bits per heavy atom. The number of carbonyl (C=O) groups is 1. The van der Waals surface area contributed by atoms with Crippen molar-refractivity contribution in [2.45, 2.75) is 20.3 Å². The van der Waals surface area contributed by atoms with Gasteiger partial charge in [-0.1, -0.05) is 41.7 Å². The standard InChI is InChI=1S/C18H15Cl3N2O2S/c1-3-11-16(18(24)25-4-2)22-23(13-6-5-10(19)9-12(13)20)17(11)14-7-8-15(21)26-14/h5-9H,3-4H2,1-2H3. The molecule has 0 unspecified atom stereocenters. The molecule has 0 atom stereocenters. The van der Waals surface area contributed by atoms with Crippen LogP contribution in [0.5, 0.6) is 0 Å². The van der Waals surface area contributed by atoms with Crippen LogP contribution in [0.3, 0.4) is 0 Å². The van der Waals surface area contributed by atoms with Crippen molar-refractivity contribution in [3.05, 3.63) is 56.0 Å². The lowest BCUT2D eigenvalue weighted by molar-refractivity contribution is 0.0517. The van der Waals surface area contributed by atoms with Gasteiger partial charge < -0.3 is 4.74 Å². The van der Waals surface area contributed by atoms with Gasteiger partial charge in [-0.3, -0.25) is 0 Å². The summed E-state index contributed by atoms with van der Waals surface area (Å²) in [4.78, 5) is 13.3. The molecule has 136 valence electrons. The molecule has 0 aliphatic rings. The summed E-state index contributed by atoms with van der Waals surface area (Å²) in [5.41, 5.74) is 2.46. The van der Waals surface area contributed by atoms with E-state index in [1.54, 1.807) is 29.8 Å². The molecule has 3 rings (SSSR count). The summed E-state index contributed by atoms with van der Waals surface area (Å²) in [7, 11) is 0.